The highest BCUT2D eigenvalue weighted by atomic mass is 32.2. The molecule has 2 heterocycles. The Balaban J connectivity index is 2.00. The minimum Gasteiger partial charge on any atom is -0.319 e. The van der Waals surface area contributed by atoms with Crippen LogP contribution in [0.15, 0.2) is 21.6 Å². The molecule has 1 amide bonds. The number of nitrogens with one attached hydrogen (secondary N) is 1. The van der Waals surface area contributed by atoms with E-state index in [1.54, 1.807) is 10.9 Å². The molecule has 0 fully saturated rings. The van der Waals surface area contributed by atoms with Crippen LogP contribution in [0.5, 0.6) is 0 Å². The summed E-state index contributed by atoms with van der Waals surface area (Å²) >= 11 is 4.34. The van der Waals surface area contributed by atoms with E-state index in [-0.39, 0.29) is 5.91 Å². The molecule has 0 atom stereocenters. The van der Waals surface area contributed by atoms with Crippen LogP contribution in [0.4, 0.5) is 5.69 Å². The van der Waals surface area contributed by atoms with Crippen LogP contribution in [0.2, 0.25) is 0 Å². The number of carbonyl (C=O) groups is 1. The normalized spacial score (nSPS) is 10.5. The Morgan fingerprint density at radius 1 is 1.43 bits per heavy atom. The second kappa shape index (κ2) is 8.96. The summed E-state index contributed by atoms with van der Waals surface area (Å²) in [5.74, 6) is -0.156. The summed E-state index contributed by atoms with van der Waals surface area (Å²) in [5.41, 5.74) is 1.30. The molecular weight excluding hydrogens is 350 g/mol. The Morgan fingerprint density at radius 3 is 2.96 bits per heavy atom. The number of nitrogens with zero attached hydrogens (tertiary/aromatic N) is 4. The first-order valence-corrected chi connectivity index (χ1v) is 10.2. The molecule has 2 aromatic heterocycles. The van der Waals surface area contributed by atoms with Crippen molar-refractivity contribution in [3.63, 3.8) is 0 Å². The standard InChI is InChI=1S/C14H17N5OS3/c1-21-13-11(14(22-2)23-18-13)12(20)17-10-8-16-19(9-10)7-5-3-4-6-15/h8-9H,3-5,7H2,1-2H3,(H,17,20). The lowest BCUT2D eigenvalue weighted by Gasteiger charge is -2.04. The van der Waals surface area contributed by atoms with Crippen molar-refractivity contribution in [3.05, 3.63) is 18.0 Å². The van der Waals surface area contributed by atoms with Crippen LogP contribution in [-0.2, 0) is 6.54 Å². The van der Waals surface area contributed by atoms with Crippen molar-refractivity contribution >= 4 is 46.7 Å². The number of unbranched alkanes of at least 4 members (excludes halogenated alkanes) is 2. The molecule has 9 heteroatoms. The van der Waals surface area contributed by atoms with E-state index in [2.05, 4.69) is 20.9 Å². The van der Waals surface area contributed by atoms with E-state index in [1.165, 1.54) is 35.1 Å². The Kier molecular flexibility index (Phi) is 6.95. The first-order chi connectivity index (χ1) is 11.2. The van der Waals surface area contributed by atoms with Crippen LogP contribution in [0, 0.1) is 11.3 Å². The number of carbonyl (C=O) groups excluding carboxylic acids is 1. The van der Waals surface area contributed by atoms with Gasteiger partial charge in [0, 0.05) is 19.2 Å². The van der Waals surface area contributed by atoms with E-state index in [1.807, 2.05) is 18.7 Å². The summed E-state index contributed by atoms with van der Waals surface area (Å²) < 4.78 is 7.00. The predicted molar refractivity (Wildman–Crippen MR) is 95.3 cm³/mol. The van der Waals surface area contributed by atoms with Crippen molar-refractivity contribution in [2.24, 2.45) is 0 Å². The first kappa shape index (κ1) is 17.8. The van der Waals surface area contributed by atoms with Gasteiger partial charge in [-0.3, -0.25) is 9.48 Å². The van der Waals surface area contributed by atoms with E-state index < -0.39 is 0 Å². The van der Waals surface area contributed by atoms with Gasteiger partial charge in [0.15, 0.2) is 0 Å². The second-order valence-electron chi connectivity index (χ2n) is 4.62. The summed E-state index contributed by atoms with van der Waals surface area (Å²) in [6, 6.07) is 2.13. The molecule has 122 valence electrons. The monoisotopic (exact) mass is 367 g/mol. The van der Waals surface area contributed by atoms with Crippen LogP contribution in [0.25, 0.3) is 0 Å². The molecule has 0 aromatic carbocycles. The van der Waals surface area contributed by atoms with Gasteiger partial charge in [0.2, 0.25) is 0 Å². The minimum absolute atomic E-state index is 0.156. The van der Waals surface area contributed by atoms with E-state index in [9.17, 15) is 4.79 Å². The van der Waals surface area contributed by atoms with Gasteiger partial charge in [-0.05, 0) is 36.9 Å². The number of hydrogen-bond donors (Lipinski definition) is 1. The van der Waals surface area contributed by atoms with E-state index in [4.69, 9.17) is 5.26 Å². The quantitative estimate of drug-likeness (QED) is 0.565. The Morgan fingerprint density at radius 2 is 2.26 bits per heavy atom. The lowest BCUT2D eigenvalue weighted by molar-refractivity contribution is 0.102. The van der Waals surface area contributed by atoms with Crippen molar-refractivity contribution in [2.75, 3.05) is 17.8 Å². The average molecular weight is 368 g/mol. The molecule has 0 saturated heterocycles. The fraction of sp³-hybridized carbons (Fsp3) is 0.429. The molecule has 0 aliphatic rings. The van der Waals surface area contributed by atoms with E-state index in [0.29, 0.717) is 17.7 Å². The van der Waals surface area contributed by atoms with Crippen molar-refractivity contribution in [1.82, 2.24) is 14.2 Å². The molecule has 0 aliphatic carbocycles. The molecule has 0 saturated carbocycles. The van der Waals surface area contributed by atoms with Gasteiger partial charge in [-0.15, -0.1) is 23.5 Å². The summed E-state index contributed by atoms with van der Waals surface area (Å²) in [6.45, 7) is 0.740. The average Bonchev–Trinajstić information content (AvgIpc) is 3.17. The first-order valence-electron chi connectivity index (χ1n) is 6.98. The van der Waals surface area contributed by atoms with Crippen molar-refractivity contribution in [3.8, 4) is 6.07 Å². The second-order valence-corrected chi connectivity index (χ2v) is 7.26. The molecule has 2 aromatic rings. The third-order valence-corrected chi connectivity index (χ3v) is 5.79. The summed E-state index contributed by atoms with van der Waals surface area (Å²) in [4.78, 5) is 12.5. The lowest BCUT2D eigenvalue weighted by atomic mass is 10.2. The van der Waals surface area contributed by atoms with Crippen LogP contribution in [0.1, 0.15) is 29.6 Å². The van der Waals surface area contributed by atoms with Crippen molar-refractivity contribution in [2.45, 2.75) is 35.0 Å². The van der Waals surface area contributed by atoms with E-state index in [0.717, 1.165) is 28.6 Å². The maximum Gasteiger partial charge on any atom is 0.260 e. The number of amides is 1. The number of aromatic nitrogens is 3. The number of rotatable bonds is 8. The van der Waals surface area contributed by atoms with Gasteiger partial charge in [-0.25, -0.2) is 0 Å². The molecule has 2 rings (SSSR count). The van der Waals surface area contributed by atoms with Crippen LogP contribution in [0.3, 0.4) is 0 Å². The summed E-state index contributed by atoms with van der Waals surface area (Å²) in [7, 11) is 0. The third kappa shape index (κ3) is 4.73. The van der Waals surface area contributed by atoms with E-state index >= 15 is 0 Å². The zero-order valence-electron chi connectivity index (χ0n) is 12.9. The van der Waals surface area contributed by atoms with Crippen LogP contribution >= 0.6 is 35.1 Å². The number of thioether (sulfide) groups is 2. The molecule has 6 nitrogen and oxygen atoms in total. The highest BCUT2D eigenvalue weighted by Crippen LogP contribution is 2.33. The fourth-order valence-electron chi connectivity index (χ4n) is 1.95. The molecule has 0 bridgehead atoms. The topological polar surface area (TPSA) is 83.6 Å². The van der Waals surface area contributed by atoms with Gasteiger partial charge in [0.25, 0.3) is 5.91 Å². The highest BCUT2D eigenvalue weighted by molar-refractivity contribution is 8.01. The third-order valence-electron chi connectivity index (χ3n) is 3.05. The molecule has 23 heavy (non-hydrogen) atoms. The zero-order valence-corrected chi connectivity index (χ0v) is 15.4. The van der Waals surface area contributed by atoms with Crippen molar-refractivity contribution < 1.29 is 4.79 Å². The van der Waals surface area contributed by atoms with Gasteiger partial charge in [0.1, 0.15) is 5.03 Å². The molecule has 0 spiro atoms. The van der Waals surface area contributed by atoms with Crippen LogP contribution < -0.4 is 5.32 Å². The Hall–Kier alpha value is -1.50. The van der Waals surface area contributed by atoms with Gasteiger partial charge in [0.05, 0.1) is 27.7 Å². The zero-order chi connectivity index (χ0) is 16.7. The van der Waals surface area contributed by atoms with Gasteiger partial charge in [-0.2, -0.15) is 14.7 Å². The van der Waals surface area contributed by atoms with Crippen LogP contribution in [-0.4, -0.2) is 32.6 Å². The van der Waals surface area contributed by atoms with Gasteiger partial charge in [-0.1, -0.05) is 0 Å². The largest absolute Gasteiger partial charge is 0.319 e. The molecule has 0 aliphatic heterocycles. The number of hydrogen-bond acceptors (Lipinski definition) is 7. The predicted octanol–water partition coefficient (Wildman–Crippen LogP) is 3.73. The summed E-state index contributed by atoms with van der Waals surface area (Å²) in [6.07, 6.45) is 9.60. The SMILES string of the molecule is CSc1nsc(SC)c1C(=O)Nc1cnn(CCCCC#N)c1. The fourth-order valence-corrected chi connectivity index (χ4v) is 4.23. The summed E-state index contributed by atoms with van der Waals surface area (Å²) in [5, 5.41) is 16.4. The molecule has 1 N–H and O–H groups in total. The number of nitriles is 1. The highest BCUT2D eigenvalue weighted by Gasteiger charge is 2.20. The maximum atomic E-state index is 12.5. The lowest BCUT2D eigenvalue weighted by Crippen LogP contribution is -2.12. The smallest absolute Gasteiger partial charge is 0.260 e. The Labute approximate surface area is 147 Å². The van der Waals surface area contributed by atoms with Crippen molar-refractivity contribution in [1.29, 1.82) is 5.26 Å². The van der Waals surface area contributed by atoms with Gasteiger partial charge >= 0.3 is 0 Å². The number of aryl methyl sites for hydroxylation is 1. The maximum absolute atomic E-state index is 12.5. The minimum atomic E-state index is -0.156. The van der Waals surface area contributed by atoms with Gasteiger partial charge < -0.3 is 5.32 Å². The number of anilines is 1. The Bertz CT molecular complexity index is 682. The molecule has 0 unspecified atom stereocenters. The molecular formula is C14H17N5OS3. The molecule has 0 radical (unpaired) electrons.